The molecule has 0 atom stereocenters. The van der Waals surface area contributed by atoms with E-state index < -0.39 is 35.4 Å². The minimum Gasteiger partial charge on any atom is -0.413 e. The third kappa shape index (κ3) is 6.55. The molecule has 0 saturated carbocycles. The predicted molar refractivity (Wildman–Crippen MR) is 99.4 cm³/mol. The number of ether oxygens (including phenoxy) is 1. The maximum atomic E-state index is 12.1. The van der Waals surface area contributed by atoms with Gasteiger partial charge in [-0.25, -0.2) is 4.79 Å². The smallest absolute Gasteiger partial charge is 0.380 e. The molecule has 144 valence electrons. The summed E-state index contributed by atoms with van der Waals surface area (Å²) in [6.45, 7) is 0.884. The van der Waals surface area contributed by atoms with Crippen LogP contribution in [0.2, 0.25) is 0 Å². The largest absolute Gasteiger partial charge is 0.413 e. The second-order valence-electron chi connectivity index (χ2n) is 5.51. The van der Waals surface area contributed by atoms with Crippen molar-refractivity contribution in [1.82, 2.24) is 4.90 Å². The standard InChI is InChI=1S/C19H28N2O5/c1-4-8-17(22)19(23)26-18-15(9-7-10-16(18)21(24)25)11-14-20(12-5-2)13-6-3/h7,9-10H,4-6,8,11-14H2,1-3H3/i12D2,13D2. The lowest BCUT2D eigenvalue weighted by Gasteiger charge is -2.21. The van der Waals surface area contributed by atoms with Crippen LogP contribution in [0.4, 0.5) is 5.69 Å². The fourth-order valence-electron chi connectivity index (χ4n) is 2.34. The van der Waals surface area contributed by atoms with Gasteiger partial charge in [-0.05, 0) is 38.7 Å². The molecule has 1 aromatic carbocycles. The predicted octanol–water partition coefficient (Wildman–Crippen LogP) is 3.53. The quantitative estimate of drug-likeness (QED) is 0.184. The van der Waals surface area contributed by atoms with Crippen LogP contribution in [-0.4, -0.2) is 41.1 Å². The number of nitrogens with zero attached hydrogens (tertiary/aromatic N) is 2. The second kappa shape index (κ2) is 11.4. The molecule has 0 saturated heterocycles. The zero-order chi connectivity index (χ0) is 23.1. The topological polar surface area (TPSA) is 89.8 Å². The van der Waals surface area contributed by atoms with Gasteiger partial charge in [0.15, 0.2) is 0 Å². The van der Waals surface area contributed by atoms with Gasteiger partial charge in [-0.3, -0.25) is 14.9 Å². The molecular formula is C19H28N2O5. The van der Waals surface area contributed by atoms with Crippen LogP contribution in [-0.2, 0) is 16.0 Å². The molecule has 0 unspecified atom stereocenters. The lowest BCUT2D eigenvalue weighted by atomic mass is 10.1. The minimum atomic E-state index is -1.95. The Bertz CT molecular complexity index is 770. The van der Waals surface area contributed by atoms with E-state index in [9.17, 15) is 19.7 Å². The summed E-state index contributed by atoms with van der Waals surface area (Å²) in [5.74, 6) is -2.36. The average molecular weight is 368 g/mol. The van der Waals surface area contributed by atoms with Gasteiger partial charge in [0.25, 0.3) is 0 Å². The van der Waals surface area contributed by atoms with Crippen molar-refractivity contribution in [2.45, 2.75) is 52.9 Å². The molecular weight excluding hydrogens is 336 g/mol. The Balaban J connectivity index is 3.28. The van der Waals surface area contributed by atoms with Gasteiger partial charge in [-0.15, -0.1) is 0 Å². The van der Waals surface area contributed by atoms with Crippen LogP contribution >= 0.6 is 0 Å². The van der Waals surface area contributed by atoms with Gasteiger partial charge in [-0.2, -0.15) is 0 Å². The Labute approximate surface area is 160 Å². The van der Waals surface area contributed by atoms with Crippen molar-refractivity contribution in [3.05, 3.63) is 33.9 Å². The molecule has 0 aliphatic carbocycles. The van der Waals surface area contributed by atoms with Crippen LogP contribution in [0.25, 0.3) is 0 Å². The summed E-state index contributed by atoms with van der Waals surface area (Å²) in [5, 5.41) is 11.4. The van der Waals surface area contributed by atoms with Gasteiger partial charge < -0.3 is 9.64 Å². The fraction of sp³-hybridized carbons (Fsp3) is 0.579. The molecule has 0 aromatic heterocycles. The first kappa shape index (κ1) is 15.9. The molecule has 26 heavy (non-hydrogen) atoms. The summed E-state index contributed by atoms with van der Waals surface area (Å²) in [5.41, 5.74) is -0.278. The fourth-order valence-corrected chi connectivity index (χ4v) is 2.34. The molecule has 0 spiro atoms. The zero-order valence-corrected chi connectivity index (χ0v) is 15.4. The number of rotatable bonds is 12. The van der Waals surface area contributed by atoms with E-state index in [1.807, 2.05) is 0 Å². The molecule has 0 N–H and O–H groups in total. The van der Waals surface area contributed by atoms with E-state index >= 15 is 0 Å². The molecule has 0 aliphatic rings. The van der Waals surface area contributed by atoms with E-state index in [0.717, 1.165) is 11.0 Å². The summed E-state index contributed by atoms with van der Waals surface area (Å²) in [4.78, 5) is 35.6. The number of hydrogen-bond donors (Lipinski definition) is 0. The third-order valence-corrected chi connectivity index (χ3v) is 3.47. The number of carbonyl (C=O) groups excluding carboxylic acids is 2. The van der Waals surface area contributed by atoms with E-state index in [1.165, 1.54) is 12.1 Å². The monoisotopic (exact) mass is 368 g/mol. The van der Waals surface area contributed by atoms with Crippen molar-refractivity contribution in [3.63, 3.8) is 0 Å². The Kier molecular flexibility index (Phi) is 6.96. The first-order valence-corrected chi connectivity index (χ1v) is 8.70. The van der Waals surface area contributed by atoms with E-state index in [1.54, 1.807) is 20.8 Å². The van der Waals surface area contributed by atoms with Crippen molar-refractivity contribution < 1.29 is 24.7 Å². The van der Waals surface area contributed by atoms with Crippen LogP contribution in [0.15, 0.2) is 18.2 Å². The Hall–Kier alpha value is -2.28. The van der Waals surface area contributed by atoms with E-state index in [0.29, 0.717) is 6.42 Å². The number of ketones is 1. The summed E-state index contributed by atoms with van der Waals surface area (Å²) < 4.78 is 37.7. The first-order valence-electron chi connectivity index (χ1n) is 10.7. The van der Waals surface area contributed by atoms with Crippen molar-refractivity contribution in [1.29, 1.82) is 0 Å². The minimum absolute atomic E-state index is 0.0225. The molecule has 1 rings (SSSR count). The number of para-hydroxylation sites is 1. The van der Waals surface area contributed by atoms with Gasteiger partial charge in [-0.1, -0.05) is 32.9 Å². The number of carbonyl (C=O) groups is 2. The van der Waals surface area contributed by atoms with Crippen molar-refractivity contribution >= 4 is 17.4 Å². The van der Waals surface area contributed by atoms with Crippen molar-refractivity contribution in [2.75, 3.05) is 19.5 Å². The van der Waals surface area contributed by atoms with E-state index in [4.69, 9.17) is 10.2 Å². The van der Waals surface area contributed by atoms with Crippen LogP contribution in [0.5, 0.6) is 5.75 Å². The highest BCUT2D eigenvalue weighted by atomic mass is 16.6. The van der Waals surface area contributed by atoms with Crippen LogP contribution in [0.1, 0.15) is 57.5 Å². The Morgan fingerprint density at radius 1 is 1.19 bits per heavy atom. The molecule has 0 fully saturated rings. The summed E-state index contributed by atoms with van der Waals surface area (Å²) in [7, 11) is 0. The molecule has 7 nitrogen and oxygen atoms in total. The summed E-state index contributed by atoms with van der Waals surface area (Å²) in [6.07, 6.45) is 0.426. The SMILES string of the molecule is [2H]C([2H])(CC)N(CCc1cccc([N+](=O)[O-])c1OC(=O)C(=O)CCC)C([2H])([2H])CC. The highest BCUT2D eigenvalue weighted by molar-refractivity contribution is 6.34. The summed E-state index contributed by atoms with van der Waals surface area (Å²) in [6, 6.07) is 4.01. The van der Waals surface area contributed by atoms with Crippen molar-refractivity contribution in [3.8, 4) is 5.75 Å². The maximum Gasteiger partial charge on any atom is 0.380 e. The van der Waals surface area contributed by atoms with Gasteiger partial charge in [0.2, 0.25) is 11.5 Å². The average Bonchev–Trinajstić information content (AvgIpc) is 2.68. The Morgan fingerprint density at radius 3 is 2.38 bits per heavy atom. The lowest BCUT2D eigenvalue weighted by Crippen LogP contribution is -2.28. The van der Waals surface area contributed by atoms with E-state index in [2.05, 4.69) is 0 Å². The molecule has 0 heterocycles. The number of Topliss-reactive ketones (excluding diaryl/α,β-unsaturated/α-hetero) is 1. The molecule has 0 aliphatic heterocycles. The van der Waals surface area contributed by atoms with Crippen LogP contribution in [0.3, 0.4) is 0 Å². The Morgan fingerprint density at radius 2 is 1.85 bits per heavy atom. The first-order chi connectivity index (χ1) is 13.9. The third-order valence-electron chi connectivity index (χ3n) is 3.47. The highest BCUT2D eigenvalue weighted by Gasteiger charge is 2.25. The number of esters is 1. The molecule has 0 bridgehead atoms. The highest BCUT2D eigenvalue weighted by Crippen LogP contribution is 2.31. The zero-order valence-electron chi connectivity index (χ0n) is 19.4. The van der Waals surface area contributed by atoms with E-state index in [-0.39, 0.29) is 43.5 Å². The molecule has 7 heteroatoms. The maximum absolute atomic E-state index is 12.1. The number of hydrogen-bond acceptors (Lipinski definition) is 6. The van der Waals surface area contributed by atoms with Gasteiger partial charge in [0.05, 0.1) is 4.92 Å². The summed E-state index contributed by atoms with van der Waals surface area (Å²) >= 11 is 0. The molecule has 0 amide bonds. The van der Waals surface area contributed by atoms with Crippen molar-refractivity contribution in [2.24, 2.45) is 0 Å². The second-order valence-corrected chi connectivity index (χ2v) is 5.51. The number of nitro benzene ring substituents is 1. The van der Waals surface area contributed by atoms with Crippen LogP contribution < -0.4 is 4.74 Å². The van der Waals surface area contributed by atoms with Crippen LogP contribution in [0, 0.1) is 10.1 Å². The van der Waals surface area contributed by atoms with Gasteiger partial charge >= 0.3 is 11.7 Å². The molecule has 0 radical (unpaired) electrons. The van der Waals surface area contributed by atoms with Gasteiger partial charge in [0, 0.05) is 30.1 Å². The normalized spacial score (nSPS) is 14.2. The lowest BCUT2D eigenvalue weighted by molar-refractivity contribution is -0.385. The number of benzene rings is 1. The molecule has 1 aromatic rings. The number of nitro groups is 1. The van der Waals surface area contributed by atoms with Gasteiger partial charge in [0.1, 0.15) is 0 Å².